The molecule has 0 aromatic carbocycles. The molecule has 3 rings (SSSR count). The Morgan fingerprint density at radius 3 is 2.80 bits per heavy atom. The molecule has 2 aliphatic heterocycles. The number of aliphatic hydroxyl groups is 1. The third-order valence-electron chi connectivity index (χ3n) is 4.56. The van der Waals surface area contributed by atoms with Crippen LogP contribution in [-0.2, 0) is 18.9 Å². The topological polar surface area (TPSA) is 57.2 Å². The van der Waals surface area contributed by atoms with Gasteiger partial charge in [-0.25, -0.2) is 0 Å². The number of fused-ring (bicyclic) bond motifs is 3. The normalized spacial score (nSPS) is 46.2. The summed E-state index contributed by atoms with van der Waals surface area (Å²) < 4.78 is 23.5. The summed E-state index contributed by atoms with van der Waals surface area (Å²) in [5.41, 5.74) is -0.979. The first-order chi connectivity index (χ1) is 9.46. The van der Waals surface area contributed by atoms with Gasteiger partial charge in [-0.3, -0.25) is 0 Å². The minimum Gasteiger partial charge on any atom is -0.384 e. The quantitative estimate of drug-likeness (QED) is 0.801. The number of hydrogen-bond acceptors (Lipinski definition) is 5. The van der Waals surface area contributed by atoms with Crippen molar-refractivity contribution in [1.29, 1.82) is 0 Å². The molecule has 0 aromatic heterocycles. The van der Waals surface area contributed by atoms with Gasteiger partial charge in [-0.15, -0.1) is 0 Å². The maximum Gasteiger partial charge on any atom is 0.190 e. The molecule has 5 atom stereocenters. The highest BCUT2D eigenvalue weighted by Crippen LogP contribution is 2.49. The van der Waals surface area contributed by atoms with Crippen molar-refractivity contribution >= 4 is 0 Å². The van der Waals surface area contributed by atoms with Gasteiger partial charge in [0.2, 0.25) is 0 Å². The Hall–Kier alpha value is -0.200. The standard InChI is InChI=1S/C15H26O5/c1-4-5-9-17-10-7-6-8-15(16)11(10)18-13-12(15)19-14(2,3)20-13/h10-13,16H,4-9H2,1-3H3/t10-,11-,12-,13+,15-/m0/s1. The molecular weight excluding hydrogens is 260 g/mol. The molecule has 2 saturated heterocycles. The second kappa shape index (κ2) is 5.21. The molecule has 0 bridgehead atoms. The van der Waals surface area contributed by atoms with E-state index in [-0.39, 0.29) is 12.2 Å². The minimum atomic E-state index is -0.979. The van der Waals surface area contributed by atoms with Crippen LogP contribution in [0.15, 0.2) is 0 Å². The van der Waals surface area contributed by atoms with Crippen molar-refractivity contribution in [2.75, 3.05) is 6.61 Å². The van der Waals surface area contributed by atoms with Crippen LogP contribution in [0.3, 0.4) is 0 Å². The fourth-order valence-electron chi connectivity index (χ4n) is 3.57. The molecule has 0 amide bonds. The number of rotatable bonds is 4. The van der Waals surface area contributed by atoms with Gasteiger partial charge in [0.15, 0.2) is 12.1 Å². The Balaban J connectivity index is 1.71. The van der Waals surface area contributed by atoms with Gasteiger partial charge in [0.1, 0.15) is 17.8 Å². The van der Waals surface area contributed by atoms with E-state index in [1.54, 1.807) is 0 Å². The average molecular weight is 286 g/mol. The SMILES string of the molecule is CCCCO[C@H]1CCC[C@@]2(O)[C@H]3OC(C)(C)O[C@H]3O[C@@H]12. The average Bonchev–Trinajstić information content (AvgIpc) is 2.81. The third-order valence-corrected chi connectivity index (χ3v) is 4.56. The van der Waals surface area contributed by atoms with E-state index in [1.165, 1.54) is 0 Å². The zero-order valence-corrected chi connectivity index (χ0v) is 12.6. The molecule has 5 heteroatoms. The Morgan fingerprint density at radius 2 is 2.05 bits per heavy atom. The van der Waals surface area contributed by atoms with Crippen LogP contribution >= 0.6 is 0 Å². The van der Waals surface area contributed by atoms with Crippen LogP contribution in [0.4, 0.5) is 0 Å². The molecule has 1 N–H and O–H groups in total. The molecule has 1 saturated carbocycles. The monoisotopic (exact) mass is 286 g/mol. The van der Waals surface area contributed by atoms with Gasteiger partial charge in [-0.1, -0.05) is 13.3 Å². The molecule has 3 fully saturated rings. The van der Waals surface area contributed by atoms with Crippen LogP contribution in [0, 0.1) is 0 Å². The Kier molecular flexibility index (Phi) is 3.84. The maximum absolute atomic E-state index is 11.0. The lowest BCUT2D eigenvalue weighted by Gasteiger charge is -2.41. The lowest BCUT2D eigenvalue weighted by atomic mass is 9.78. The second-order valence-corrected chi connectivity index (χ2v) is 6.63. The van der Waals surface area contributed by atoms with Crippen LogP contribution in [-0.4, -0.2) is 47.7 Å². The summed E-state index contributed by atoms with van der Waals surface area (Å²) in [7, 11) is 0. The lowest BCUT2D eigenvalue weighted by molar-refractivity contribution is -0.253. The van der Waals surface area contributed by atoms with Crippen molar-refractivity contribution in [3.05, 3.63) is 0 Å². The van der Waals surface area contributed by atoms with Gasteiger partial charge in [-0.05, 0) is 39.5 Å². The van der Waals surface area contributed by atoms with Crippen molar-refractivity contribution in [2.45, 2.75) is 88.9 Å². The largest absolute Gasteiger partial charge is 0.384 e. The zero-order chi connectivity index (χ0) is 14.4. The third kappa shape index (κ3) is 2.40. The molecule has 0 radical (unpaired) electrons. The Bertz CT molecular complexity index is 358. The maximum atomic E-state index is 11.0. The van der Waals surface area contributed by atoms with Crippen LogP contribution < -0.4 is 0 Å². The van der Waals surface area contributed by atoms with Gasteiger partial charge in [0.05, 0.1) is 6.10 Å². The van der Waals surface area contributed by atoms with Gasteiger partial charge >= 0.3 is 0 Å². The molecule has 2 heterocycles. The second-order valence-electron chi connectivity index (χ2n) is 6.63. The highest BCUT2D eigenvalue weighted by Gasteiger charge is 2.65. The summed E-state index contributed by atoms with van der Waals surface area (Å²) in [4.78, 5) is 0. The van der Waals surface area contributed by atoms with Crippen LogP contribution in [0.25, 0.3) is 0 Å². The first-order valence-electron chi connectivity index (χ1n) is 7.81. The number of ether oxygens (including phenoxy) is 4. The van der Waals surface area contributed by atoms with E-state index >= 15 is 0 Å². The van der Waals surface area contributed by atoms with Crippen LogP contribution in [0.1, 0.15) is 52.9 Å². The molecule has 3 aliphatic rings. The summed E-state index contributed by atoms with van der Waals surface area (Å²) in [6.07, 6.45) is 3.42. The smallest absolute Gasteiger partial charge is 0.190 e. The van der Waals surface area contributed by atoms with E-state index in [1.807, 2.05) is 13.8 Å². The Labute approximate surface area is 120 Å². The first kappa shape index (κ1) is 14.7. The van der Waals surface area contributed by atoms with Crippen LogP contribution in [0.2, 0.25) is 0 Å². The molecular formula is C15H26O5. The summed E-state index contributed by atoms with van der Waals surface area (Å²) in [6, 6.07) is 0. The van der Waals surface area contributed by atoms with E-state index in [0.29, 0.717) is 6.42 Å². The zero-order valence-electron chi connectivity index (χ0n) is 12.6. The van der Waals surface area contributed by atoms with E-state index in [9.17, 15) is 5.11 Å². The van der Waals surface area contributed by atoms with Gasteiger partial charge in [0.25, 0.3) is 0 Å². The predicted octanol–water partition coefficient (Wildman–Crippen LogP) is 1.96. The molecule has 20 heavy (non-hydrogen) atoms. The summed E-state index contributed by atoms with van der Waals surface area (Å²) >= 11 is 0. The van der Waals surface area contributed by atoms with Crippen molar-refractivity contribution in [3.8, 4) is 0 Å². The van der Waals surface area contributed by atoms with Gasteiger partial charge in [0, 0.05) is 6.61 Å². The van der Waals surface area contributed by atoms with E-state index < -0.39 is 23.8 Å². The van der Waals surface area contributed by atoms with Gasteiger partial charge in [-0.2, -0.15) is 0 Å². The minimum absolute atomic E-state index is 0.0544. The Morgan fingerprint density at radius 1 is 1.25 bits per heavy atom. The molecule has 5 nitrogen and oxygen atoms in total. The fraction of sp³-hybridized carbons (Fsp3) is 1.00. The number of unbranched alkanes of at least 4 members (excludes halogenated alkanes) is 1. The van der Waals surface area contributed by atoms with Crippen molar-refractivity contribution in [1.82, 2.24) is 0 Å². The molecule has 0 aromatic rings. The predicted molar refractivity (Wildman–Crippen MR) is 72.1 cm³/mol. The molecule has 1 aliphatic carbocycles. The van der Waals surface area contributed by atoms with Crippen LogP contribution in [0.5, 0.6) is 0 Å². The highest BCUT2D eigenvalue weighted by atomic mass is 16.8. The summed E-state index contributed by atoms with van der Waals surface area (Å²) in [5, 5.41) is 11.0. The van der Waals surface area contributed by atoms with Crippen molar-refractivity contribution in [2.24, 2.45) is 0 Å². The summed E-state index contributed by atoms with van der Waals surface area (Å²) in [6.45, 7) is 6.57. The fourth-order valence-corrected chi connectivity index (χ4v) is 3.57. The molecule has 0 spiro atoms. The van der Waals surface area contributed by atoms with E-state index in [2.05, 4.69) is 6.92 Å². The number of hydrogen-bond donors (Lipinski definition) is 1. The molecule has 0 unspecified atom stereocenters. The van der Waals surface area contributed by atoms with E-state index in [0.717, 1.165) is 32.3 Å². The highest BCUT2D eigenvalue weighted by molar-refractivity contribution is 5.09. The van der Waals surface area contributed by atoms with Crippen molar-refractivity contribution < 1.29 is 24.1 Å². The van der Waals surface area contributed by atoms with Crippen molar-refractivity contribution in [3.63, 3.8) is 0 Å². The molecule has 116 valence electrons. The van der Waals surface area contributed by atoms with E-state index in [4.69, 9.17) is 18.9 Å². The van der Waals surface area contributed by atoms with Gasteiger partial charge < -0.3 is 24.1 Å². The first-order valence-corrected chi connectivity index (χ1v) is 7.81. The lowest BCUT2D eigenvalue weighted by Crippen LogP contribution is -2.56. The summed E-state index contributed by atoms with van der Waals surface area (Å²) in [5.74, 6) is -0.688.